The fraction of sp³-hybridized carbons (Fsp3) is 0.538. The Morgan fingerprint density at radius 1 is 1.29 bits per heavy atom. The first-order valence-corrected chi connectivity index (χ1v) is 7.92. The van der Waals surface area contributed by atoms with E-state index >= 15 is 0 Å². The second kappa shape index (κ2) is 6.67. The molecule has 0 aromatic heterocycles. The summed E-state index contributed by atoms with van der Waals surface area (Å²) in [5.74, 6) is -2.20. The molecule has 0 aliphatic heterocycles. The van der Waals surface area contributed by atoms with E-state index in [1.54, 1.807) is 0 Å². The number of aliphatic hydroxyl groups is 1. The summed E-state index contributed by atoms with van der Waals surface area (Å²) in [4.78, 5) is -0.681. The number of hydrogen-bond donors (Lipinski definition) is 3. The van der Waals surface area contributed by atoms with Crippen LogP contribution in [-0.4, -0.2) is 26.7 Å². The van der Waals surface area contributed by atoms with Crippen LogP contribution in [-0.2, 0) is 10.0 Å². The molecule has 8 heteroatoms. The minimum absolute atomic E-state index is 0.0132. The van der Waals surface area contributed by atoms with Gasteiger partial charge in [-0.1, -0.05) is 13.8 Å². The van der Waals surface area contributed by atoms with Crippen LogP contribution in [0.1, 0.15) is 26.7 Å². The summed E-state index contributed by atoms with van der Waals surface area (Å²) in [5, 5.41) is 8.79. The van der Waals surface area contributed by atoms with Crippen LogP contribution in [0.25, 0.3) is 0 Å². The fourth-order valence-electron chi connectivity index (χ4n) is 1.76. The van der Waals surface area contributed by atoms with Gasteiger partial charge >= 0.3 is 0 Å². The molecule has 1 aromatic carbocycles. The van der Waals surface area contributed by atoms with Crippen molar-refractivity contribution in [1.82, 2.24) is 4.72 Å². The molecule has 1 rings (SSSR count). The zero-order valence-electron chi connectivity index (χ0n) is 12.0. The van der Waals surface area contributed by atoms with Crippen molar-refractivity contribution >= 4 is 15.7 Å². The standard InChI is InChI=1S/C13H20F2N2O3S/c1-13(2,4-3-5-18)8-17-21(19,20)12-7-11(16)9(14)6-10(12)15/h6-7,17-18H,3-5,8,16H2,1-2H3. The van der Waals surface area contributed by atoms with Crippen LogP contribution in [0, 0.1) is 17.0 Å². The Bertz CT molecular complexity index is 604. The first kappa shape index (κ1) is 17.8. The van der Waals surface area contributed by atoms with Gasteiger partial charge < -0.3 is 10.8 Å². The van der Waals surface area contributed by atoms with Gasteiger partial charge in [-0.2, -0.15) is 0 Å². The number of rotatable bonds is 7. The largest absolute Gasteiger partial charge is 0.396 e. The van der Waals surface area contributed by atoms with Crippen LogP contribution in [0.2, 0.25) is 0 Å². The van der Waals surface area contributed by atoms with E-state index in [2.05, 4.69) is 4.72 Å². The molecule has 0 heterocycles. The van der Waals surface area contributed by atoms with E-state index in [0.29, 0.717) is 18.9 Å². The first-order chi connectivity index (χ1) is 9.59. The Hall–Kier alpha value is -1.25. The van der Waals surface area contributed by atoms with Crippen molar-refractivity contribution in [3.63, 3.8) is 0 Å². The van der Waals surface area contributed by atoms with Crippen LogP contribution in [0.3, 0.4) is 0 Å². The molecule has 0 saturated carbocycles. The maximum absolute atomic E-state index is 13.6. The molecule has 4 N–H and O–H groups in total. The van der Waals surface area contributed by atoms with Crippen molar-refractivity contribution in [2.75, 3.05) is 18.9 Å². The number of anilines is 1. The molecular formula is C13H20F2N2O3S. The smallest absolute Gasteiger partial charge is 0.243 e. The maximum atomic E-state index is 13.6. The van der Waals surface area contributed by atoms with E-state index in [4.69, 9.17) is 10.8 Å². The van der Waals surface area contributed by atoms with Gasteiger partial charge in [0.05, 0.1) is 5.69 Å². The summed E-state index contributed by atoms with van der Waals surface area (Å²) in [5.41, 5.74) is 4.43. The molecule has 120 valence electrons. The third-order valence-electron chi connectivity index (χ3n) is 3.09. The quantitative estimate of drug-likeness (QED) is 0.665. The van der Waals surface area contributed by atoms with E-state index in [0.717, 1.165) is 6.07 Å². The Morgan fingerprint density at radius 3 is 2.48 bits per heavy atom. The lowest BCUT2D eigenvalue weighted by Gasteiger charge is -2.24. The topological polar surface area (TPSA) is 92.4 Å². The molecule has 0 saturated heterocycles. The van der Waals surface area contributed by atoms with E-state index < -0.39 is 37.7 Å². The van der Waals surface area contributed by atoms with Crippen LogP contribution in [0.15, 0.2) is 17.0 Å². The van der Waals surface area contributed by atoms with Gasteiger partial charge in [-0.05, 0) is 24.3 Å². The molecule has 1 aromatic rings. The van der Waals surface area contributed by atoms with E-state index in [1.165, 1.54) is 0 Å². The predicted molar refractivity (Wildman–Crippen MR) is 76.1 cm³/mol. The highest BCUT2D eigenvalue weighted by Gasteiger charge is 2.25. The molecule has 0 unspecified atom stereocenters. The average Bonchev–Trinajstić information content (AvgIpc) is 2.38. The summed E-state index contributed by atoms with van der Waals surface area (Å²) < 4.78 is 53.1. The van der Waals surface area contributed by atoms with Gasteiger partial charge in [0.1, 0.15) is 16.5 Å². The van der Waals surface area contributed by atoms with Crippen molar-refractivity contribution in [1.29, 1.82) is 0 Å². The molecule has 0 bridgehead atoms. The van der Waals surface area contributed by atoms with E-state index in [1.807, 2.05) is 13.8 Å². The first-order valence-electron chi connectivity index (χ1n) is 6.44. The molecule has 0 spiro atoms. The molecule has 0 aliphatic rings. The zero-order chi connectivity index (χ0) is 16.3. The van der Waals surface area contributed by atoms with Crippen molar-refractivity contribution in [2.45, 2.75) is 31.6 Å². The second-order valence-electron chi connectivity index (χ2n) is 5.62. The highest BCUT2D eigenvalue weighted by atomic mass is 32.2. The minimum Gasteiger partial charge on any atom is -0.396 e. The molecule has 0 amide bonds. The van der Waals surface area contributed by atoms with Gasteiger partial charge in [-0.3, -0.25) is 0 Å². The number of sulfonamides is 1. The molecule has 0 radical (unpaired) electrons. The van der Waals surface area contributed by atoms with Gasteiger partial charge in [-0.25, -0.2) is 21.9 Å². The minimum atomic E-state index is -4.12. The van der Waals surface area contributed by atoms with Gasteiger partial charge in [0, 0.05) is 19.2 Å². The summed E-state index contributed by atoms with van der Waals surface area (Å²) in [6.07, 6.45) is 1.13. The average molecular weight is 322 g/mol. The highest BCUT2D eigenvalue weighted by molar-refractivity contribution is 7.89. The van der Waals surface area contributed by atoms with Crippen LogP contribution in [0.5, 0.6) is 0 Å². The summed E-state index contributed by atoms with van der Waals surface area (Å²) in [7, 11) is -4.12. The van der Waals surface area contributed by atoms with Gasteiger partial charge in [0.15, 0.2) is 0 Å². The highest BCUT2D eigenvalue weighted by Crippen LogP contribution is 2.24. The Kier molecular flexibility index (Phi) is 5.66. The number of nitrogens with two attached hydrogens (primary N) is 1. The molecule has 0 aliphatic carbocycles. The normalized spacial score (nSPS) is 12.6. The number of nitrogens with one attached hydrogen (secondary N) is 1. The van der Waals surface area contributed by atoms with E-state index in [9.17, 15) is 17.2 Å². The number of benzene rings is 1. The monoisotopic (exact) mass is 322 g/mol. The Balaban J connectivity index is 2.90. The number of halogens is 2. The molecule has 0 atom stereocenters. The lowest BCUT2D eigenvalue weighted by molar-refractivity contribution is 0.242. The van der Waals surface area contributed by atoms with Crippen LogP contribution in [0.4, 0.5) is 14.5 Å². The lowest BCUT2D eigenvalue weighted by Crippen LogP contribution is -2.34. The molecule has 5 nitrogen and oxygen atoms in total. The summed E-state index contributed by atoms with van der Waals surface area (Å²) >= 11 is 0. The molecule has 0 fully saturated rings. The predicted octanol–water partition coefficient (Wildman–Crippen LogP) is 1.62. The van der Waals surface area contributed by atoms with Crippen molar-refractivity contribution in [2.24, 2.45) is 5.41 Å². The van der Waals surface area contributed by atoms with Gasteiger partial charge in [0.25, 0.3) is 0 Å². The number of hydrogen-bond acceptors (Lipinski definition) is 4. The third-order valence-corrected chi connectivity index (χ3v) is 4.51. The van der Waals surface area contributed by atoms with Crippen molar-refractivity contribution in [3.8, 4) is 0 Å². The van der Waals surface area contributed by atoms with Crippen LogP contribution < -0.4 is 10.5 Å². The summed E-state index contributed by atoms with van der Waals surface area (Å²) in [6, 6.07) is 1.20. The Labute approximate surface area is 123 Å². The molecular weight excluding hydrogens is 302 g/mol. The number of nitrogen functional groups attached to an aromatic ring is 1. The Morgan fingerprint density at radius 2 is 1.90 bits per heavy atom. The summed E-state index contributed by atoms with van der Waals surface area (Å²) in [6.45, 7) is 3.71. The van der Waals surface area contributed by atoms with Gasteiger partial charge in [-0.15, -0.1) is 0 Å². The van der Waals surface area contributed by atoms with Crippen molar-refractivity contribution in [3.05, 3.63) is 23.8 Å². The zero-order valence-corrected chi connectivity index (χ0v) is 12.8. The fourth-order valence-corrected chi connectivity index (χ4v) is 3.10. The van der Waals surface area contributed by atoms with Gasteiger partial charge in [0.2, 0.25) is 10.0 Å². The SMILES string of the molecule is CC(C)(CCCO)CNS(=O)(=O)c1cc(N)c(F)cc1F. The maximum Gasteiger partial charge on any atom is 0.243 e. The van der Waals surface area contributed by atoms with Crippen LogP contribution >= 0.6 is 0 Å². The molecule has 21 heavy (non-hydrogen) atoms. The third kappa shape index (κ3) is 4.90. The second-order valence-corrected chi connectivity index (χ2v) is 7.36. The van der Waals surface area contributed by atoms with E-state index in [-0.39, 0.29) is 13.2 Å². The lowest BCUT2D eigenvalue weighted by atomic mass is 9.88. The van der Waals surface area contributed by atoms with Crippen molar-refractivity contribution < 1.29 is 22.3 Å². The number of aliphatic hydroxyl groups excluding tert-OH is 1.